The molecule has 0 spiro atoms. The van der Waals surface area contributed by atoms with Crippen LogP contribution in [0.25, 0.3) is 0 Å². The van der Waals surface area contributed by atoms with Gasteiger partial charge in [-0.3, -0.25) is 0 Å². The average molecular weight is 241 g/mol. The van der Waals surface area contributed by atoms with Crippen molar-refractivity contribution in [3.63, 3.8) is 0 Å². The lowest BCUT2D eigenvalue weighted by atomic mass is 9.82. The number of ether oxygens (including phenoxy) is 1. The van der Waals surface area contributed by atoms with E-state index in [0.29, 0.717) is 12.1 Å². The SMILES string of the molecule is CCCNC(CC1CC1)C(OCC)C(C)(C)C. The second kappa shape index (κ2) is 6.75. The maximum Gasteiger partial charge on any atom is 0.0776 e. The minimum atomic E-state index is 0.219. The lowest BCUT2D eigenvalue weighted by Crippen LogP contribution is -2.48. The summed E-state index contributed by atoms with van der Waals surface area (Å²) in [5, 5.41) is 3.71. The van der Waals surface area contributed by atoms with E-state index in [1.807, 2.05) is 0 Å². The first-order valence-electron chi connectivity index (χ1n) is 7.34. The minimum absolute atomic E-state index is 0.219. The highest BCUT2D eigenvalue weighted by atomic mass is 16.5. The van der Waals surface area contributed by atoms with Crippen LogP contribution in [0.3, 0.4) is 0 Å². The van der Waals surface area contributed by atoms with Gasteiger partial charge < -0.3 is 10.1 Å². The lowest BCUT2D eigenvalue weighted by Gasteiger charge is -2.37. The molecule has 2 unspecified atom stereocenters. The Kier molecular flexibility index (Phi) is 5.94. The molecule has 0 amide bonds. The van der Waals surface area contributed by atoms with Crippen LogP contribution < -0.4 is 5.32 Å². The zero-order chi connectivity index (χ0) is 12.9. The fourth-order valence-electron chi connectivity index (χ4n) is 2.51. The second-order valence-electron chi connectivity index (χ2n) is 6.48. The first-order chi connectivity index (χ1) is 7.99. The molecule has 0 radical (unpaired) electrons. The van der Waals surface area contributed by atoms with Crippen molar-refractivity contribution >= 4 is 0 Å². The lowest BCUT2D eigenvalue weighted by molar-refractivity contribution is -0.0384. The van der Waals surface area contributed by atoms with Crippen molar-refractivity contribution in [3.05, 3.63) is 0 Å². The van der Waals surface area contributed by atoms with E-state index in [1.165, 1.54) is 25.7 Å². The average Bonchev–Trinajstić information content (AvgIpc) is 3.03. The Morgan fingerprint density at radius 1 is 1.24 bits per heavy atom. The van der Waals surface area contributed by atoms with Crippen molar-refractivity contribution in [3.8, 4) is 0 Å². The third-order valence-electron chi connectivity index (χ3n) is 3.51. The molecule has 0 heterocycles. The predicted molar refractivity (Wildman–Crippen MR) is 74.3 cm³/mol. The molecule has 102 valence electrons. The smallest absolute Gasteiger partial charge is 0.0776 e. The van der Waals surface area contributed by atoms with E-state index in [2.05, 4.69) is 39.9 Å². The predicted octanol–water partition coefficient (Wildman–Crippen LogP) is 3.61. The van der Waals surface area contributed by atoms with Crippen LogP contribution in [0.5, 0.6) is 0 Å². The van der Waals surface area contributed by atoms with Gasteiger partial charge in [0.15, 0.2) is 0 Å². The van der Waals surface area contributed by atoms with Crippen LogP contribution >= 0.6 is 0 Å². The maximum atomic E-state index is 6.03. The van der Waals surface area contributed by atoms with E-state index in [-0.39, 0.29) is 5.41 Å². The Morgan fingerprint density at radius 3 is 2.29 bits per heavy atom. The molecule has 0 aliphatic heterocycles. The molecule has 0 aromatic heterocycles. The van der Waals surface area contributed by atoms with Gasteiger partial charge in [-0.1, -0.05) is 40.5 Å². The highest BCUT2D eigenvalue weighted by Crippen LogP contribution is 2.37. The van der Waals surface area contributed by atoms with Crippen LogP contribution in [0.2, 0.25) is 0 Å². The summed E-state index contributed by atoms with van der Waals surface area (Å²) in [5.74, 6) is 0.953. The Bertz CT molecular complexity index is 205. The zero-order valence-electron chi connectivity index (χ0n) is 12.4. The van der Waals surface area contributed by atoms with E-state index in [0.717, 1.165) is 19.1 Å². The molecule has 0 aromatic rings. The van der Waals surface area contributed by atoms with E-state index in [4.69, 9.17) is 4.74 Å². The van der Waals surface area contributed by atoms with Gasteiger partial charge in [0.2, 0.25) is 0 Å². The van der Waals surface area contributed by atoms with Gasteiger partial charge in [0.05, 0.1) is 6.10 Å². The van der Waals surface area contributed by atoms with Gasteiger partial charge in [-0.15, -0.1) is 0 Å². The van der Waals surface area contributed by atoms with Gasteiger partial charge in [0, 0.05) is 12.6 Å². The van der Waals surface area contributed by atoms with Crippen LogP contribution in [-0.4, -0.2) is 25.3 Å². The third kappa shape index (κ3) is 5.39. The monoisotopic (exact) mass is 241 g/mol. The molecule has 1 N–H and O–H groups in total. The van der Waals surface area contributed by atoms with Gasteiger partial charge in [0.25, 0.3) is 0 Å². The Morgan fingerprint density at radius 2 is 1.88 bits per heavy atom. The van der Waals surface area contributed by atoms with Crippen molar-refractivity contribution in [2.24, 2.45) is 11.3 Å². The topological polar surface area (TPSA) is 21.3 Å². The molecular formula is C15H31NO. The normalized spacial score (nSPS) is 20.3. The summed E-state index contributed by atoms with van der Waals surface area (Å²) < 4.78 is 6.03. The van der Waals surface area contributed by atoms with Crippen LogP contribution in [-0.2, 0) is 4.74 Å². The zero-order valence-corrected chi connectivity index (χ0v) is 12.4. The molecule has 0 saturated heterocycles. The van der Waals surface area contributed by atoms with Gasteiger partial charge >= 0.3 is 0 Å². The Balaban J connectivity index is 2.60. The number of hydrogen-bond acceptors (Lipinski definition) is 2. The summed E-state index contributed by atoms with van der Waals surface area (Å²) in [5.41, 5.74) is 0.219. The fourth-order valence-corrected chi connectivity index (χ4v) is 2.51. The number of rotatable bonds is 8. The molecule has 2 heteroatoms. The molecule has 0 aromatic carbocycles. The van der Waals surface area contributed by atoms with E-state index in [1.54, 1.807) is 0 Å². The molecular weight excluding hydrogens is 210 g/mol. The van der Waals surface area contributed by atoms with Crippen LogP contribution in [0.4, 0.5) is 0 Å². The highest BCUT2D eigenvalue weighted by molar-refractivity contribution is 4.90. The standard InChI is InChI=1S/C15H31NO/c1-6-10-16-13(11-12-8-9-12)14(17-7-2)15(3,4)5/h12-14,16H,6-11H2,1-5H3. The molecule has 1 fully saturated rings. The van der Waals surface area contributed by atoms with E-state index in [9.17, 15) is 0 Å². The summed E-state index contributed by atoms with van der Waals surface area (Å²) >= 11 is 0. The third-order valence-corrected chi connectivity index (χ3v) is 3.51. The molecule has 1 aliphatic rings. The maximum absolute atomic E-state index is 6.03. The van der Waals surface area contributed by atoms with E-state index >= 15 is 0 Å². The van der Waals surface area contributed by atoms with Crippen molar-refractivity contribution in [1.29, 1.82) is 0 Å². The molecule has 17 heavy (non-hydrogen) atoms. The first kappa shape index (κ1) is 15.0. The Hall–Kier alpha value is -0.0800. The molecule has 1 rings (SSSR count). The van der Waals surface area contributed by atoms with Gasteiger partial charge in [0.1, 0.15) is 0 Å². The summed E-state index contributed by atoms with van der Waals surface area (Å²) in [7, 11) is 0. The van der Waals surface area contributed by atoms with E-state index < -0.39 is 0 Å². The largest absolute Gasteiger partial charge is 0.376 e. The highest BCUT2D eigenvalue weighted by Gasteiger charge is 2.36. The quantitative estimate of drug-likeness (QED) is 0.701. The van der Waals surface area contributed by atoms with Crippen molar-refractivity contribution in [2.45, 2.75) is 72.4 Å². The summed E-state index contributed by atoms with van der Waals surface area (Å²) in [6, 6.07) is 0.530. The minimum Gasteiger partial charge on any atom is -0.376 e. The number of nitrogens with one attached hydrogen (secondary N) is 1. The Labute approximate surface area is 108 Å². The molecule has 0 bridgehead atoms. The molecule has 1 aliphatic carbocycles. The van der Waals surface area contributed by atoms with Crippen LogP contribution in [0.15, 0.2) is 0 Å². The van der Waals surface area contributed by atoms with Crippen molar-refractivity contribution in [2.75, 3.05) is 13.2 Å². The molecule has 2 nitrogen and oxygen atoms in total. The van der Waals surface area contributed by atoms with Crippen LogP contribution in [0.1, 0.15) is 60.3 Å². The fraction of sp³-hybridized carbons (Fsp3) is 1.00. The van der Waals surface area contributed by atoms with Crippen molar-refractivity contribution < 1.29 is 4.74 Å². The number of hydrogen-bond donors (Lipinski definition) is 1. The van der Waals surface area contributed by atoms with Crippen LogP contribution in [0, 0.1) is 11.3 Å². The first-order valence-corrected chi connectivity index (χ1v) is 7.34. The molecule has 1 saturated carbocycles. The molecule has 2 atom stereocenters. The van der Waals surface area contributed by atoms with Crippen molar-refractivity contribution in [1.82, 2.24) is 5.32 Å². The second-order valence-corrected chi connectivity index (χ2v) is 6.48. The summed E-state index contributed by atoms with van der Waals surface area (Å²) in [4.78, 5) is 0. The summed E-state index contributed by atoms with van der Waals surface area (Å²) in [6.45, 7) is 13.1. The van der Waals surface area contributed by atoms with Gasteiger partial charge in [-0.05, 0) is 37.6 Å². The summed E-state index contributed by atoms with van der Waals surface area (Å²) in [6.07, 6.45) is 5.67. The van der Waals surface area contributed by atoms with Gasteiger partial charge in [-0.25, -0.2) is 0 Å². The van der Waals surface area contributed by atoms with Gasteiger partial charge in [-0.2, -0.15) is 0 Å².